The summed E-state index contributed by atoms with van der Waals surface area (Å²) in [6.45, 7) is 11.8. The van der Waals surface area contributed by atoms with Crippen LogP contribution in [0.3, 0.4) is 0 Å². The first-order chi connectivity index (χ1) is 30.6. The maximum absolute atomic E-state index is 12.8. The van der Waals surface area contributed by atoms with E-state index in [4.69, 9.17) is 9.47 Å². The van der Waals surface area contributed by atoms with Crippen LogP contribution in [0.25, 0.3) is 0 Å². The normalized spacial score (nSPS) is 12.5. The first-order valence-electron chi connectivity index (χ1n) is 21.8. The maximum Gasteiger partial charge on any atom is 0.306 e. The third kappa shape index (κ3) is 14.4. The summed E-state index contributed by atoms with van der Waals surface area (Å²) in [5.41, 5.74) is -1.77. The van der Waals surface area contributed by atoms with Crippen molar-refractivity contribution in [2.75, 3.05) is 40.4 Å². The highest BCUT2D eigenvalue weighted by Gasteiger charge is 2.30. The van der Waals surface area contributed by atoms with Crippen LogP contribution in [-0.2, 0) is 19.1 Å². The minimum absolute atomic E-state index is 0.0165. The predicted octanol–water partition coefficient (Wildman–Crippen LogP) is 6.11. The van der Waals surface area contributed by atoms with Gasteiger partial charge in [-0.1, -0.05) is 97.1 Å². The fraction of sp³-hybridized carbons (Fsp3) is 0.423. The largest absolute Gasteiger partial charge is 0.464 e. The molecule has 0 saturated heterocycles. The monoisotopic (exact) mass is 908 g/mol. The molecule has 0 heterocycles. The average molecular weight is 909 g/mol. The molecule has 0 aliphatic rings. The molecule has 14 nitrogen and oxygen atoms in total. The lowest BCUT2D eigenvalue weighted by molar-refractivity contribution is -0.150. The zero-order valence-corrected chi connectivity index (χ0v) is 39.6. The van der Waals surface area contributed by atoms with Crippen LogP contribution < -0.4 is 0 Å². The lowest BCUT2D eigenvalue weighted by Crippen LogP contribution is -2.32. The first-order valence-corrected chi connectivity index (χ1v) is 21.8. The van der Waals surface area contributed by atoms with Gasteiger partial charge in [-0.05, 0) is 91.7 Å². The highest BCUT2D eigenvalue weighted by atomic mass is 16.5. The molecule has 0 radical (unpaired) electrons. The van der Waals surface area contributed by atoms with Gasteiger partial charge >= 0.3 is 11.9 Å². The van der Waals surface area contributed by atoms with E-state index in [1.807, 2.05) is 23.9 Å². The van der Waals surface area contributed by atoms with Gasteiger partial charge in [0.2, 0.25) is 0 Å². The van der Waals surface area contributed by atoms with Crippen molar-refractivity contribution in [1.82, 2.24) is 9.80 Å². The number of ether oxygens (including phenoxy) is 2. The quantitative estimate of drug-likeness (QED) is 0.0490. The number of ketones is 4. The van der Waals surface area contributed by atoms with Crippen LogP contribution in [0.2, 0.25) is 0 Å². The van der Waals surface area contributed by atoms with Crippen molar-refractivity contribution in [3.63, 3.8) is 0 Å². The van der Waals surface area contributed by atoms with Crippen LogP contribution in [0.5, 0.6) is 0 Å². The zero-order valence-electron chi connectivity index (χ0n) is 39.6. The topological polar surface area (TPSA) is 208 Å². The number of carbonyl (C=O) groups excluding carboxylic acids is 6. The molecule has 0 bridgehead atoms. The molecule has 4 N–H and O–H groups in total. The summed E-state index contributed by atoms with van der Waals surface area (Å²) >= 11 is 0. The molecular weight excluding hydrogens is 845 g/mol. The molecular formula is C52H64N2O12. The van der Waals surface area contributed by atoms with Gasteiger partial charge in [-0.3, -0.25) is 38.6 Å². The molecule has 0 unspecified atom stereocenters. The highest BCUT2D eigenvalue weighted by molar-refractivity contribution is 6.03. The number of hydrogen-bond donors (Lipinski definition) is 4. The van der Waals surface area contributed by atoms with Crippen molar-refractivity contribution in [1.29, 1.82) is 0 Å². The van der Waals surface area contributed by atoms with Crippen LogP contribution in [-0.4, -0.2) is 128 Å². The molecule has 0 aromatic heterocycles. The lowest BCUT2D eigenvalue weighted by atomic mass is 9.91. The van der Waals surface area contributed by atoms with Gasteiger partial charge < -0.3 is 29.9 Å². The molecule has 0 aliphatic heterocycles. The first kappa shape index (κ1) is 52.9. The number of esters is 2. The molecule has 0 spiro atoms. The third-order valence-corrected chi connectivity index (χ3v) is 11.0. The molecule has 0 aliphatic carbocycles. The Bertz CT molecular complexity index is 2020. The Morgan fingerprint density at radius 1 is 0.409 bits per heavy atom. The summed E-state index contributed by atoms with van der Waals surface area (Å²) in [4.78, 5) is 80.3. The maximum atomic E-state index is 12.8. The molecule has 4 aromatic rings. The van der Waals surface area contributed by atoms with Crippen LogP contribution in [0.4, 0.5) is 0 Å². The van der Waals surface area contributed by atoms with Gasteiger partial charge in [0, 0.05) is 35.3 Å². The summed E-state index contributed by atoms with van der Waals surface area (Å²) in [5, 5.41) is 41.0. The standard InChI is InChI=1S/C52H64N2O12/c1-49(2,61)45(57)37-19-11-33(12-20-37)43(34-13-21-38(22-14-34)46(58)50(3,4)62)53(9)29-31-65-41(55)27-28-42(56)66-32-30-54(10)44(35-15-23-39(24-16-35)47(59)51(5,6)63)36-17-25-40(26-18-36)48(60)52(7,8)64/h11-26,43-44,61-64H,27-32H2,1-10H3. The molecule has 0 atom stereocenters. The number of nitrogens with zero attached hydrogens (tertiary/aromatic N) is 2. The van der Waals surface area contributed by atoms with E-state index in [-0.39, 0.29) is 39.1 Å². The Balaban J connectivity index is 1.37. The van der Waals surface area contributed by atoms with Crippen molar-refractivity contribution in [2.45, 2.75) is 103 Å². The molecule has 0 amide bonds. The minimum Gasteiger partial charge on any atom is -0.464 e. The molecule has 0 saturated carbocycles. The molecule has 0 fully saturated rings. The van der Waals surface area contributed by atoms with Gasteiger partial charge in [0.25, 0.3) is 0 Å². The molecule has 14 heteroatoms. The summed E-state index contributed by atoms with van der Waals surface area (Å²) in [6, 6.07) is 26.4. The van der Waals surface area contributed by atoms with Crippen LogP contribution >= 0.6 is 0 Å². The van der Waals surface area contributed by atoms with Crippen molar-refractivity contribution in [3.05, 3.63) is 142 Å². The number of rotatable bonds is 23. The van der Waals surface area contributed by atoms with E-state index in [1.54, 1.807) is 97.1 Å². The Labute approximate surface area is 387 Å². The summed E-state index contributed by atoms with van der Waals surface area (Å²) in [5.74, 6) is -2.94. The number of Topliss-reactive ketones (excluding diaryl/α,β-unsaturated/α-hetero) is 4. The van der Waals surface area contributed by atoms with Gasteiger partial charge in [0.1, 0.15) is 35.6 Å². The van der Waals surface area contributed by atoms with Crippen LogP contribution in [0.1, 0.15) is 144 Å². The van der Waals surface area contributed by atoms with Gasteiger partial charge in [0.05, 0.1) is 24.9 Å². The Morgan fingerprint density at radius 2 is 0.606 bits per heavy atom. The summed E-state index contributed by atoms with van der Waals surface area (Å²) in [6.07, 6.45) is -0.438. The Kier molecular flexibility index (Phi) is 17.4. The molecule has 4 rings (SSSR count). The van der Waals surface area contributed by atoms with Crippen molar-refractivity contribution in [2.24, 2.45) is 0 Å². The van der Waals surface area contributed by atoms with E-state index >= 15 is 0 Å². The number of benzene rings is 4. The summed E-state index contributed by atoms with van der Waals surface area (Å²) < 4.78 is 11.0. The average Bonchev–Trinajstić information content (AvgIpc) is 3.24. The van der Waals surface area contributed by atoms with Gasteiger partial charge in [0.15, 0.2) is 23.1 Å². The smallest absolute Gasteiger partial charge is 0.306 e. The van der Waals surface area contributed by atoms with Gasteiger partial charge in [-0.15, -0.1) is 0 Å². The van der Waals surface area contributed by atoms with E-state index in [2.05, 4.69) is 0 Å². The Hall–Kier alpha value is -5.74. The van der Waals surface area contributed by atoms with Crippen LogP contribution in [0, 0.1) is 0 Å². The molecule has 354 valence electrons. The van der Waals surface area contributed by atoms with E-state index < -0.39 is 69.6 Å². The van der Waals surface area contributed by atoms with Crippen molar-refractivity contribution >= 4 is 35.1 Å². The molecule has 4 aromatic carbocycles. The second-order valence-electron chi connectivity index (χ2n) is 18.7. The van der Waals surface area contributed by atoms with Crippen LogP contribution in [0.15, 0.2) is 97.1 Å². The summed E-state index contributed by atoms with van der Waals surface area (Å²) in [7, 11) is 3.65. The SMILES string of the molecule is CN(CCOC(=O)CCC(=O)OCCN(C)C(c1ccc(C(=O)C(C)(C)O)cc1)c1ccc(C(=O)C(C)(C)O)cc1)C(c1ccc(C(=O)C(C)(C)O)cc1)c1ccc(C(=O)C(C)(C)O)cc1. The lowest BCUT2D eigenvalue weighted by Gasteiger charge is -2.29. The minimum atomic E-state index is -1.56. The predicted molar refractivity (Wildman–Crippen MR) is 248 cm³/mol. The third-order valence-electron chi connectivity index (χ3n) is 11.0. The number of hydrogen-bond acceptors (Lipinski definition) is 14. The second kappa shape index (κ2) is 21.7. The Morgan fingerprint density at radius 3 is 0.788 bits per heavy atom. The number of carbonyl (C=O) groups is 6. The zero-order chi connectivity index (χ0) is 49.4. The van der Waals surface area contributed by atoms with Gasteiger partial charge in [-0.25, -0.2) is 0 Å². The van der Waals surface area contributed by atoms with E-state index in [9.17, 15) is 49.2 Å². The fourth-order valence-electron chi connectivity index (χ4n) is 7.30. The van der Waals surface area contributed by atoms with Gasteiger partial charge in [-0.2, -0.15) is 0 Å². The second-order valence-corrected chi connectivity index (χ2v) is 18.7. The van der Waals surface area contributed by atoms with Crippen molar-refractivity contribution in [3.8, 4) is 0 Å². The molecule has 66 heavy (non-hydrogen) atoms. The van der Waals surface area contributed by atoms with Crippen molar-refractivity contribution < 1.29 is 58.7 Å². The fourth-order valence-corrected chi connectivity index (χ4v) is 7.30. The van der Waals surface area contributed by atoms with E-state index in [0.29, 0.717) is 22.3 Å². The highest BCUT2D eigenvalue weighted by Crippen LogP contribution is 2.31. The number of aliphatic hydroxyl groups is 4. The van der Waals surface area contributed by atoms with E-state index in [1.165, 1.54) is 55.4 Å². The number of likely N-dealkylation sites (N-methyl/N-ethyl adjacent to an activating group) is 2. The van der Waals surface area contributed by atoms with E-state index in [0.717, 1.165) is 22.3 Å².